The summed E-state index contributed by atoms with van der Waals surface area (Å²) in [6.07, 6.45) is 0. The first kappa shape index (κ1) is 20.6. The van der Waals surface area contributed by atoms with Crippen LogP contribution in [0.4, 0.5) is 8.78 Å². The van der Waals surface area contributed by atoms with Crippen LogP contribution in [0.5, 0.6) is 11.5 Å². The largest absolute Gasteiger partial charge is 0.493 e. The second kappa shape index (κ2) is 8.31. The molecule has 0 aliphatic heterocycles. The van der Waals surface area contributed by atoms with Crippen LogP contribution in [0.25, 0.3) is 0 Å². The summed E-state index contributed by atoms with van der Waals surface area (Å²) >= 11 is 0. The van der Waals surface area contributed by atoms with Crippen LogP contribution in [0, 0.1) is 0 Å². The average molecular weight is 400 g/mol. The Labute approximate surface area is 155 Å². The Morgan fingerprint density at radius 1 is 1.11 bits per heavy atom. The molecular weight excluding hydrogens is 382 g/mol. The molecule has 0 spiro atoms. The predicted molar refractivity (Wildman–Crippen MR) is 93.3 cm³/mol. The highest BCUT2D eigenvalue weighted by molar-refractivity contribution is 7.89. The number of benzene rings is 2. The number of amides is 1. The molecule has 0 radical (unpaired) electrons. The Balaban J connectivity index is 2.14. The smallest absolute Gasteiger partial charge is 0.387 e. The lowest BCUT2D eigenvalue weighted by atomic mass is 10.1. The summed E-state index contributed by atoms with van der Waals surface area (Å²) in [5.74, 6) is -0.663. The van der Waals surface area contributed by atoms with Gasteiger partial charge in [0.2, 0.25) is 10.0 Å². The molecule has 27 heavy (non-hydrogen) atoms. The standard InChI is InChI=1S/C17H18F2N2O5S/c1-10(11-3-6-13(7-4-11)27(20,23)24)21-16(22)12-5-8-14(26-17(18)19)15(9-12)25-2/h3-10,17H,1-2H3,(H,21,22)(H2,20,23,24)/t10-/m0/s1. The molecule has 3 N–H and O–H groups in total. The third-order valence-electron chi connectivity index (χ3n) is 3.70. The molecule has 0 unspecified atom stereocenters. The number of primary sulfonamides is 1. The van der Waals surface area contributed by atoms with Gasteiger partial charge in [0, 0.05) is 5.56 Å². The third-order valence-corrected chi connectivity index (χ3v) is 4.63. The fourth-order valence-electron chi connectivity index (χ4n) is 2.31. The van der Waals surface area contributed by atoms with E-state index in [1.54, 1.807) is 6.92 Å². The zero-order chi connectivity index (χ0) is 20.2. The molecule has 146 valence electrons. The summed E-state index contributed by atoms with van der Waals surface area (Å²) < 4.78 is 56.5. The van der Waals surface area contributed by atoms with Crippen LogP contribution in [-0.4, -0.2) is 28.0 Å². The van der Waals surface area contributed by atoms with Gasteiger partial charge >= 0.3 is 6.61 Å². The number of hydrogen-bond acceptors (Lipinski definition) is 5. The van der Waals surface area contributed by atoms with Gasteiger partial charge in [-0.05, 0) is 42.8 Å². The monoisotopic (exact) mass is 400 g/mol. The van der Waals surface area contributed by atoms with Gasteiger partial charge in [-0.3, -0.25) is 4.79 Å². The number of ether oxygens (including phenoxy) is 2. The van der Waals surface area contributed by atoms with E-state index in [-0.39, 0.29) is 22.0 Å². The van der Waals surface area contributed by atoms with Crippen LogP contribution < -0.4 is 19.9 Å². The van der Waals surface area contributed by atoms with E-state index in [1.165, 1.54) is 49.6 Å². The first-order chi connectivity index (χ1) is 12.6. The van der Waals surface area contributed by atoms with Crippen LogP contribution in [-0.2, 0) is 10.0 Å². The summed E-state index contributed by atoms with van der Waals surface area (Å²) in [6.45, 7) is -1.31. The molecule has 2 rings (SSSR count). The van der Waals surface area contributed by atoms with Gasteiger partial charge in [-0.2, -0.15) is 8.78 Å². The summed E-state index contributed by atoms with van der Waals surface area (Å²) in [6, 6.07) is 9.12. The van der Waals surface area contributed by atoms with Crippen molar-refractivity contribution in [2.24, 2.45) is 5.14 Å². The number of carbonyl (C=O) groups excluding carboxylic acids is 1. The molecule has 0 fully saturated rings. The maximum Gasteiger partial charge on any atom is 0.387 e. The first-order valence-electron chi connectivity index (χ1n) is 7.68. The highest BCUT2D eigenvalue weighted by Crippen LogP contribution is 2.29. The molecule has 0 aromatic heterocycles. The van der Waals surface area contributed by atoms with E-state index in [0.717, 1.165) is 0 Å². The molecule has 0 heterocycles. The summed E-state index contributed by atoms with van der Waals surface area (Å²) in [7, 11) is -2.53. The van der Waals surface area contributed by atoms with E-state index >= 15 is 0 Å². The number of halogens is 2. The molecule has 0 saturated carbocycles. The van der Waals surface area contributed by atoms with Crippen LogP contribution in [0.2, 0.25) is 0 Å². The maximum atomic E-state index is 12.4. The van der Waals surface area contributed by atoms with Gasteiger partial charge in [0.1, 0.15) is 0 Å². The highest BCUT2D eigenvalue weighted by atomic mass is 32.2. The quantitative estimate of drug-likeness (QED) is 0.742. The minimum Gasteiger partial charge on any atom is -0.493 e. The van der Waals surface area contributed by atoms with Crippen molar-refractivity contribution in [1.29, 1.82) is 0 Å². The van der Waals surface area contributed by atoms with E-state index in [0.29, 0.717) is 5.56 Å². The Hall–Kier alpha value is -2.72. The van der Waals surface area contributed by atoms with Crippen molar-refractivity contribution >= 4 is 15.9 Å². The molecule has 0 aliphatic rings. The maximum absolute atomic E-state index is 12.4. The van der Waals surface area contributed by atoms with Crippen molar-refractivity contribution in [2.45, 2.75) is 24.5 Å². The number of sulfonamides is 1. The molecule has 10 heteroatoms. The minimum absolute atomic E-state index is 0.00638. The molecule has 2 aromatic carbocycles. The van der Waals surface area contributed by atoms with Crippen molar-refractivity contribution in [2.75, 3.05) is 7.11 Å². The number of alkyl halides is 2. The van der Waals surface area contributed by atoms with Crippen molar-refractivity contribution in [3.05, 3.63) is 53.6 Å². The zero-order valence-corrected chi connectivity index (χ0v) is 15.3. The van der Waals surface area contributed by atoms with E-state index in [9.17, 15) is 22.0 Å². The molecule has 7 nitrogen and oxygen atoms in total. The normalized spacial score (nSPS) is 12.5. The van der Waals surface area contributed by atoms with Crippen LogP contribution in [0.15, 0.2) is 47.4 Å². The lowest BCUT2D eigenvalue weighted by Crippen LogP contribution is -2.26. The summed E-state index contributed by atoms with van der Waals surface area (Å²) in [4.78, 5) is 12.3. The van der Waals surface area contributed by atoms with Gasteiger partial charge in [0.05, 0.1) is 18.0 Å². The van der Waals surface area contributed by atoms with Crippen molar-refractivity contribution < 1.29 is 31.5 Å². The lowest BCUT2D eigenvalue weighted by Gasteiger charge is -2.16. The Morgan fingerprint density at radius 3 is 2.26 bits per heavy atom. The first-order valence-corrected chi connectivity index (χ1v) is 9.23. The fourth-order valence-corrected chi connectivity index (χ4v) is 2.83. The van der Waals surface area contributed by atoms with Gasteiger partial charge < -0.3 is 14.8 Å². The summed E-state index contributed by atoms with van der Waals surface area (Å²) in [5, 5.41) is 7.76. The van der Waals surface area contributed by atoms with Crippen molar-refractivity contribution in [3.63, 3.8) is 0 Å². The SMILES string of the molecule is COc1cc(C(=O)N[C@@H](C)c2ccc(S(N)(=O)=O)cc2)ccc1OC(F)F. The molecule has 1 amide bonds. The van der Waals surface area contributed by atoms with Gasteiger partial charge in [0.25, 0.3) is 5.91 Å². The predicted octanol–water partition coefficient (Wildman–Crippen LogP) is 2.44. The minimum atomic E-state index is -3.80. The number of methoxy groups -OCH3 is 1. The summed E-state index contributed by atoms with van der Waals surface area (Å²) in [5.41, 5.74) is 0.835. The average Bonchev–Trinajstić information content (AvgIpc) is 2.60. The van der Waals surface area contributed by atoms with E-state index in [2.05, 4.69) is 10.1 Å². The Bertz CT molecular complexity index is 917. The number of carbonyl (C=O) groups is 1. The van der Waals surface area contributed by atoms with Crippen molar-refractivity contribution in [1.82, 2.24) is 5.32 Å². The molecule has 0 bridgehead atoms. The van der Waals surface area contributed by atoms with Crippen LogP contribution in [0.1, 0.15) is 28.9 Å². The Kier molecular flexibility index (Phi) is 6.34. The Morgan fingerprint density at radius 2 is 1.74 bits per heavy atom. The van der Waals surface area contributed by atoms with E-state index in [4.69, 9.17) is 9.88 Å². The zero-order valence-electron chi connectivity index (χ0n) is 14.5. The molecule has 1 atom stereocenters. The number of nitrogens with two attached hydrogens (primary N) is 1. The second-order valence-electron chi connectivity index (χ2n) is 5.55. The van der Waals surface area contributed by atoms with Crippen LogP contribution >= 0.6 is 0 Å². The van der Waals surface area contributed by atoms with E-state index < -0.39 is 28.6 Å². The van der Waals surface area contributed by atoms with Crippen molar-refractivity contribution in [3.8, 4) is 11.5 Å². The number of nitrogens with one attached hydrogen (secondary N) is 1. The van der Waals surface area contributed by atoms with Gasteiger partial charge in [-0.25, -0.2) is 13.6 Å². The lowest BCUT2D eigenvalue weighted by molar-refractivity contribution is -0.0512. The topological polar surface area (TPSA) is 108 Å². The molecular formula is C17H18F2N2O5S. The van der Waals surface area contributed by atoms with Gasteiger partial charge in [-0.1, -0.05) is 12.1 Å². The number of hydrogen-bond donors (Lipinski definition) is 2. The molecule has 0 aliphatic carbocycles. The van der Waals surface area contributed by atoms with E-state index in [1.807, 2.05) is 0 Å². The van der Waals surface area contributed by atoms with Gasteiger partial charge in [-0.15, -0.1) is 0 Å². The van der Waals surface area contributed by atoms with Crippen LogP contribution in [0.3, 0.4) is 0 Å². The number of rotatable bonds is 7. The fraction of sp³-hybridized carbons (Fsp3) is 0.235. The highest BCUT2D eigenvalue weighted by Gasteiger charge is 2.17. The third kappa shape index (κ3) is 5.38. The molecule has 2 aromatic rings. The van der Waals surface area contributed by atoms with Gasteiger partial charge in [0.15, 0.2) is 11.5 Å². The molecule has 0 saturated heterocycles. The second-order valence-corrected chi connectivity index (χ2v) is 7.11.